The number of benzene rings is 1. The van der Waals surface area contributed by atoms with Gasteiger partial charge in [0, 0.05) is 11.3 Å². The topological polar surface area (TPSA) is 46.6 Å². The molecule has 4 nitrogen and oxygen atoms in total. The van der Waals surface area contributed by atoms with Gasteiger partial charge in [-0.05, 0) is 12.1 Å². The molecule has 0 bridgehead atoms. The molecule has 0 aromatic heterocycles. The van der Waals surface area contributed by atoms with Crippen LogP contribution in [0.3, 0.4) is 0 Å². The summed E-state index contributed by atoms with van der Waals surface area (Å²) in [5.41, 5.74) is 0.510. The summed E-state index contributed by atoms with van der Waals surface area (Å²) in [4.78, 5) is 25.3. The zero-order valence-electron chi connectivity index (χ0n) is 9.66. The van der Waals surface area contributed by atoms with Gasteiger partial charge in [-0.1, -0.05) is 42.2 Å². The van der Waals surface area contributed by atoms with Gasteiger partial charge in [-0.2, -0.15) is 0 Å². The number of thioether (sulfide) groups is 1. The van der Waals surface area contributed by atoms with Gasteiger partial charge in [-0.15, -0.1) is 0 Å². The predicted molar refractivity (Wildman–Crippen MR) is 73.5 cm³/mol. The molecule has 1 saturated heterocycles. The van der Waals surface area contributed by atoms with E-state index in [9.17, 15) is 9.59 Å². The Bertz CT molecular complexity index is 489. The number of methoxy groups -OCH3 is 1. The van der Waals surface area contributed by atoms with E-state index in [2.05, 4.69) is 0 Å². The second kappa shape index (κ2) is 5.49. The van der Waals surface area contributed by atoms with Crippen molar-refractivity contribution in [3.63, 3.8) is 0 Å². The number of hydrogen-bond donors (Lipinski definition) is 0. The number of carbonyl (C=O) groups excluding carboxylic acids is 2. The van der Waals surface area contributed by atoms with Crippen molar-refractivity contribution in [2.75, 3.05) is 12.9 Å². The van der Waals surface area contributed by atoms with E-state index in [4.69, 9.17) is 17.0 Å². The maximum Gasteiger partial charge on any atom is 0.329 e. The normalized spacial score (nSPS) is 18.8. The minimum atomic E-state index is -0.625. The van der Waals surface area contributed by atoms with Gasteiger partial charge < -0.3 is 4.74 Å². The summed E-state index contributed by atoms with van der Waals surface area (Å²) in [7, 11) is 1.31. The van der Waals surface area contributed by atoms with Crippen molar-refractivity contribution in [2.45, 2.75) is 6.04 Å². The van der Waals surface area contributed by atoms with Crippen LogP contribution < -0.4 is 0 Å². The minimum absolute atomic E-state index is 0.263. The van der Waals surface area contributed by atoms with Crippen LogP contribution in [0.5, 0.6) is 0 Å². The number of carbonyl (C=O) groups is 2. The standard InChI is InChI=1S/C12H11NO3S2/c1-16-11(15)9-7-18-12(17)13(9)10(14)8-5-3-2-4-6-8/h2-6,9H,7H2,1H3/t9-/m1/s1. The van der Waals surface area contributed by atoms with Gasteiger partial charge in [0.15, 0.2) is 0 Å². The molecular formula is C12H11NO3S2. The van der Waals surface area contributed by atoms with E-state index in [0.29, 0.717) is 15.6 Å². The van der Waals surface area contributed by atoms with Crippen molar-refractivity contribution in [1.29, 1.82) is 0 Å². The molecule has 1 aliphatic heterocycles. The van der Waals surface area contributed by atoms with Gasteiger partial charge in [0.1, 0.15) is 10.4 Å². The summed E-state index contributed by atoms with van der Waals surface area (Å²) in [6.45, 7) is 0. The molecule has 0 unspecified atom stereocenters. The summed E-state index contributed by atoms with van der Waals surface area (Å²) in [6, 6.07) is 8.13. The van der Waals surface area contributed by atoms with Crippen molar-refractivity contribution >= 4 is 40.2 Å². The first-order chi connectivity index (χ1) is 8.65. The Kier molecular flexibility index (Phi) is 3.98. The molecule has 1 aromatic carbocycles. The highest BCUT2D eigenvalue weighted by atomic mass is 32.2. The number of esters is 1. The van der Waals surface area contributed by atoms with E-state index >= 15 is 0 Å². The lowest BCUT2D eigenvalue weighted by atomic mass is 10.2. The van der Waals surface area contributed by atoms with Crippen molar-refractivity contribution in [1.82, 2.24) is 4.90 Å². The van der Waals surface area contributed by atoms with Crippen molar-refractivity contribution in [3.05, 3.63) is 35.9 Å². The van der Waals surface area contributed by atoms with Crippen molar-refractivity contribution in [3.8, 4) is 0 Å². The van der Waals surface area contributed by atoms with Gasteiger partial charge in [-0.25, -0.2) is 4.79 Å². The van der Waals surface area contributed by atoms with Crippen LogP contribution in [0, 0.1) is 0 Å². The third kappa shape index (κ3) is 2.39. The molecule has 0 aliphatic carbocycles. The molecule has 1 fully saturated rings. The monoisotopic (exact) mass is 281 g/mol. The Balaban J connectivity index is 2.27. The first kappa shape index (κ1) is 13.0. The van der Waals surface area contributed by atoms with Gasteiger partial charge in [0.2, 0.25) is 0 Å². The highest BCUT2D eigenvalue weighted by Gasteiger charge is 2.39. The number of nitrogens with zero attached hydrogens (tertiary/aromatic N) is 1. The molecular weight excluding hydrogens is 270 g/mol. The maximum absolute atomic E-state index is 12.3. The second-order valence-corrected chi connectivity index (χ2v) is 5.31. The predicted octanol–water partition coefficient (Wildman–Crippen LogP) is 1.70. The summed E-state index contributed by atoms with van der Waals surface area (Å²) in [5, 5.41) is 0. The first-order valence-corrected chi connectivity index (χ1v) is 6.67. The Morgan fingerprint density at radius 1 is 1.39 bits per heavy atom. The van der Waals surface area contributed by atoms with Crippen LogP contribution in [0.4, 0.5) is 0 Å². The molecule has 0 saturated carbocycles. The Morgan fingerprint density at radius 3 is 2.67 bits per heavy atom. The highest BCUT2D eigenvalue weighted by molar-refractivity contribution is 8.23. The fourth-order valence-corrected chi connectivity index (χ4v) is 3.02. The summed E-state index contributed by atoms with van der Waals surface area (Å²) >= 11 is 6.44. The Labute approximate surface area is 114 Å². The van der Waals surface area contributed by atoms with E-state index in [-0.39, 0.29) is 5.91 Å². The number of thiocarbonyl (C=S) groups is 1. The van der Waals surface area contributed by atoms with E-state index in [0.717, 1.165) is 0 Å². The number of ether oxygens (including phenoxy) is 1. The largest absolute Gasteiger partial charge is 0.467 e. The number of rotatable bonds is 2. The lowest BCUT2D eigenvalue weighted by molar-refractivity contribution is -0.143. The average Bonchev–Trinajstić information content (AvgIpc) is 2.80. The van der Waals surface area contributed by atoms with E-state index in [1.54, 1.807) is 24.3 Å². The molecule has 6 heteroatoms. The van der Waals surface area contributed by atoms with Crippen LogP contribution >= 0.6 is 24.0 Å². The van der Waals surface area contributed by atoms with Crippen LogP contribution in [0.25, 0.3) is 0 Å². The maximum atomic E-state index is 12.3. The Hall–Kier alpha value is -1.40. The third-order valence-corrected chi connectivity index (χ3v) is 4.06. The molecule has 1 aliphatic rings. The van der Waals surface area contributed by atoms with Gasteiger partial charge in [0.25, 0.3) is 5.91 Å². The van der Waals surface area contributed by atoms with E-state index in [1.165, 1.54) is 23.8 Å². The van der Waals surface area contributed by atoms with Crippen molar-refractivity contribution < 1.29 is 14.3 Å². The van der Waals surface area contributed by atoms with Gasteiger partial charge in [0.05, 0.1) is 7.11 Å². The zero-order chi connectivity index (χ0) is 13.1. The molecule has 1 heterocycles. The summed E-state index contributed by atoms with van der Waals surface area (Å²) in [6.07, 6.45) is 0. The molecule has 94 valence electrons. The van der Waals surface area contributed by atoms with E-state index < -0.39 is 12.0 Å². The van der Waals surface area contributed by atoms with Crippen LogP contribution in [0.15, 0.2) is 30.3 Å². The molecule has 0 N–H and O–H groups in total. The van der Waals surface area contributed by atoms with Gasteiger partial charge >= 0.3 is 5.97 Å². The zero-order valence-corrected chi connectivity index (χ0v) is 11.3. The number of hydrogen-bond acceptors (Lipinski definition) is 5. The fourth-order valence-electron chi connectivity index (χ4n) is 1.68. The average molecular weight is 281 g/mol. The lowest BCUT2D eigenvalue weighted by Crippen LogP contribution is -2.44. The first-order valence-electron chi connectivity index (χ1n) is 5.28. The van der Waals surface area contributed by atoms with Crippen LogP contribution in [0.2, 0.25) is 0 Å². The molecule has 2 rings (SSSR count). The quantitative estimate of drug-likeness (QED) is 0.610. The molecule has 1 atom stereocenters. The molecule has 1 amide bonds. The molecule has 0 spiro atoms. The second-order valence-electron chi connectivity index (χ2n) is 3.66. The van der Waals surface area contributed by atoms with Crippen LogP contribution in [0.1, 0.15) is 10.4 Å². The molecule has 0 radical (unpaired) electrons. The smallest absolute Gasteiger partial charge is 0.329 e. The summed E-state index contributed by atoms with van der Waals surface area (Å²) < 4.78 is 5.11. The number of amides is 1. The Morgan fingerprint density at radius 2 is 2.06 bits per heavy atom. The van der Waals surface area contributed by atoms with Gasteiger partial charge in [-0.3, -0.25) is 9.69 Å². The third-order valence-electron chi connectivity index (χ3n) is 2.59. The SMILES string of the molecule is COC(=O)[C@H]1CSC(=S)N1C(=O)c1ccccc1. The highest BCUT2D eigenvalue weighted by Crippen LogP contribution is 2.26. The molecule has 1 aromatic rings. The van der Waals surface area contributed by atoms with Crippen molar-refractivity contribution in [2.24, 2.45) is 0 Å². The van der Waals surface area contributed by atoms with Crippen LogP contribution in [-0.4, -0.2) is 40.0 Å². The van der Waals surface area contributed by atoms with Crippen LogP contribution in [-0.2, 0) is 9.53 Å². The molecule has 18 heavy (non-hydrogen) atoms. The lowest BCUT2D eigenvalue weighted by Gasteiger charge is -2.21. The minimum Gasteiger partial charge on any atom is -0.467 e. The summed E-state index contributed by atoms with van der Waals surface area (Å²) in [5.74, 6) is -0.253. The van der Waals surface area contributed by atoms with E-state index in [1.807, 2.05) is 6.07 Å². The fraction of sp³-hybridized carbons (Fsp3) is 0.250.